The summed E-state index contributed by atoms with van der Waals surface area (Å²) in [4.78, 5) is 21.9. The average molecular weight is 406 g/mol. The van der Waals surface area contributed by atoms with E-state index in [1.807, 2.05) is 0 Å². The third-order valence-electron chi connectivity index (χ3n) is 3.01. The van der Waals surface area contributed by atoms with E-state index in [0.717, 1.165) is 30.3 Å². The number of nitro benzene ring substituents is 1. The molecule has 25 heavy (non-hydrogen) atoms. The van der Waals surface area contributed by atoms with Gasteiger partial charge in [-0.2, -0.15) is 0 Å². The van der Waals surface area contributed by atoms with E-state index in [-0.39, 0.29) is 26.2 Å². The predicted molar refractivity (Wildman–Crippen MR) is 90.5 cm³/mol. The van der Waals surface area contributed by atoms with Crippen LogP contribution in [0.25, 0.3) is 0 Å². The van der Waals surface area contributed by atoms with E-state index >= 15 is 0 Å². The summed E-state index contributed by atoms with van der Waals surface area (Å²) >= 11 is 11.6. The summed E-state index contributed by atoms with van der Waals surface area (Å²) in [6, 6.07) is 5.17. The minimum absolute atomic E-state index is 0.0875. The van der Waals surface area contributed by atoms with Crippen molar-refractivity contribution in [3.8, 4) is 5.75 Å². The van der Waals surface area contributed by atoms with Crippen LogP contribution in [0.2, 0.25) is 10.0 Å². The van der Waals surface area contributed by atoms with E-state index < -0.39 is 32.3 Å². The van der Waals surface area contributed by atoms with Crippen molar-refractivity contribution in [2.45, 2.75) is 4.90 Å². The lowest BCUT2D eigenvalue weighted by molar-refractivity contribution is -0.385. The number of carbonyl (C=O) groups is 1. The molecule has 0 heterocycles. The molecular formula is C13H9Cl2N3O6S. The average Bonchev–Trinajstić information content (AvgIpc) is 2.49. The van der Waals surface area contributed by atoms with Crippen LogP contribution >= 0.6 is 23.2 Å². The molecular weight excluding hydrogens is 397 g/mol. The normalized spacial score (nSPS) is 11.2. The summed E-state index contributed by atoms with van der Waals surface area (Å²) in [6.45, 7) is 0. The molecule has 4 N–H and O–H groups in total. The number of halogens is 2. The number of hydrogen-bond acceptors (Lipinski definition) is 6. The molecule has 12 heteroatoms. The van der Waals surface area contributed by atoms with Crippen LogP contribution in [0.3, 0.4) is 0 Å². The third-order valence-corrected chi connectivity index (χ3v) is 4.46. The van der Waals surface area contributed by atoms with E-state index in [4.69, 9.17) is 28.3 Å². The zero-order chi connectivity index (χ0) is 18.9. The molecule has 0 bridgehead atoms. The number of phenols is 1. The van der Waals surface area contributed by atoms with Gasteiger partial charge in [0.2, 0.25) is 15.8 Å². The fourth-order valence-electron chi connectivity index (χ4n) is 1.87. The van der Waals surface area contributed by atoms with Crippen LogP contribution in [0, 0.1) is 10.1 Å². The van der Waals surface area contributed by atoms with Crippen molar-refractivity contribution in [1.29, 1.82) is 0 Å². The lowest BCUT2D eigenvalue weighted by Crippen LogP contribution is -2.15. The molecule has 2 aromatic carbocycles. The first kappa shape index (κ1) is 18.9. The van der Waals surface area contributed by atoms with Crippen molar-refractivity contribution in [3.63, 3.8) is 0 Å². The van der Waals surface area contributed by atoms with Gasteiger partial charge in [-0.15, -0.1) is 0 Å². The summed E-state index contributed by atoms with van der Waals surface area (Å²) in [5.74, 6) is -1.64. The first-order valence-corrected chi connectivity index (χ1v) is 8.61. The second-order valence-electron chi connectivity index (χ2n) is 4.72. The Morgan fingerprint density at radius 3 is 2.40 bits per heavy atom. The third kappa shape index (κ3) is 4.17. The lowest BCUT2D eigenvalue weighted by Gasteiger charge is -2.10. The number of nitro groups is 1. The van der Waals surface area contributed by atoms with Gasteiger partial charge >= 0.3 is 5.69 Å². The molecule has 0 unspecified atom stereocenters. The topological polar surface area (TPSA) is 153 Å². The molecule has 0 saturated carbocycles. The summed E-state index contributed by atoms with van der Waals surface area (Å²) in [5.41, 5.74) is -1.15. The van der Waals surface area contributed by atoms with Gasteiger partial charge in [-0.05, 0) is 24.3 Å². The highest BCUT2D eigenvalue weighted by molar-refractivity contribution is 7.89. The largest absolute Gasteiger partial charge is 0.501 e. The molecule has 2 rings (SSSR count). The number of nitrogens with zero attached hydrogens (tertiary/aromatic N) is 1. The number of hydrogen-bond donors (Lipinski definition) is 3. The Morgan fingerprint density at radius 2 is 1.88 bits per heavy atom. The number of sulfonamides is 1. The van der Waals surface area contributed by atoms with E-state index in [1.165, 1.54) is 0 Å². The highest BCUT2D eigenvalue weighted by Gasteiger charge is 2.22. The molecule has 2 aromatic rings. The van der Waals surface area contributed by atoms with E-state index in [9.17, 15) is 28.4 Å². The lowest BCUT2D eigenvalue weighted by atomic mass is 10.2. The van der Waals surface area contributed by atoms with Crippen molar-refractivity contribution in [2.24, 2.45) is 5.14 Å². The molecule has 0 aliphatic heterocycles. The first-order valence-electron chi connectivity index (χ1n) is 6.31. The number of nitrogens with one attached hydrogen (secondary N) is 1. The first-order chi connectivity index (χ1) is 11.5. The van der Waals surface area contributed by atoms with Gasteiger partial charge in [0.15, 0.2) is 0 Å². The number of amides is 1. The Balaban J connectivity index is 2.40. The molecule has 0 saturated heterocycles. The highest BCUT2D eigenvalue weighted by atomic mass is 35.5. The van der Waals surface area contributed by atoms with Crippen LogP contribution in [-0.4, -0.2) is 24.4 Å². The standard InChI is InChI=1S/C13H9Cl2N3O6S/c14-6-3-10(12(19)11(4-6)18(21)22)17-13(20)8-2-1-7(5-9(8)15)25(16,23)24/h1-5,19H,(H,17,20)(H2,16,23,24). The van der Waals surface area contributed by atoms with Crippen LogP contribution in [0.1, 0.15) is 10.4 Å². The maximum atomic E-state index is 12.2. The number of carbonyl (C=O) groups excluding carboxylic acids is 1. The monoisotopic (exact) mass is 405 g/mol. The fourth-order valence-corrected chi connectivity index (χ4v) is 2.95. The van der Waals surface area contributed by atoms with Crippen molar-refractivity contribution in [3.05, 3.63) is 56.1 Å². The number of phenolic OH excluding ortho intramolecular Hbond substituents is 1. The maximum absolute atomic E-state index is 12.2. The van der Waals surface area contributed by atoms with Gasteiger partial charge in [0.05, 0.1) is 26.1 Å². The van der Waals surface area contributed by atoms with Crippen LogP contribution in [0.15, 0.2) is 35.2 Å². The molecule has 0 aliphatic carbocycles. The number of nitrogens with two attached hydrogens (primary N) is 1. The van der Waals surface area contributed by atoms with Gasteiger partial charge in [0.25, 0.3) is 5.91 Å². The summed E-state index contributed by atoms with van der Waals surface area (Å²) < 4.78 is 22.5. The molecule has 0 atom stereocenters. The van der Waals surface area contributed by atoms with Crippen molar-refractivity contribution >= 4 is 50.5 Å². The van der Waals surface area contributed by atoms with Crippen LogP contribution < -0.4 is 10.5 Å². The molecule has 132 valence electrons. The minimum Gasteiger partial charge on any atom is -0.501 e. The zero-order valence-electron chi connectivity index (χ0n) is 12.1. The molecule has 0 aromatic heterocycles. The second-order valence-corrected chi connectivity index (χ2v) is 7.12. The van der Waals surface area contributed by atoms with Gasteiger partial charge in [0.1, 0.15) is 0 Å². The Labute approximate surface area is 151 Å². The van der Waals surface area contributed by atoms with Crippen LogP contribution in [-0.2, 0) is 10.0 Å². The van der Waals surface area contributed by atoms with E-state index in [0.29, 0.717) is 0 Å². The number of primary sulfonamides is 1. The molecule has 0 radical (unpaired) electrons. The predicted octanol–water partition coefficient (Wildman–Crippen LogP) is 2.51. The van der Waals surface area contributed by atoms with E-state index in [1.54, 1.807) is 0 Å². The highest BCUT2D eigenvalue weighted by Crippen LogP contribution is 2.37. The second kappa shape index (κ2) is 6.84. The van der Waals surface area contributed by atoms with Crippen molar-refractivity contribution in [1.82, 2.24) is 0 Å². The SMILES string of the molecule is NS(=O)(=O)c1ccc(C(=O)Nc2cc(Cl)cc([N+](=O)[O-])c2O)c(Cl)c1. The molecule has 1 amide bonds. The molecule has 9 nitrogen and oxygen atoms in total. The zero-order valence-corrected chi connectivity index (χ0v) is 14.4. The van der Waals surface area contributed by atoms with Gasteiger partial charge in [-0.25, -0.2) is 13.6 Å². The van der Waals surface area contributed by atoms with Gasteiger partial charge < -0.3 is 10.4 Å². The van der Waals surface area contributed by atoms with Crippen LogP contribution in [0.5, 0.6) is 5.75 Å². The number of rotatable bonds is 4. The minimum atomic E-state index is -4.00. The quantitative estimate of drug-likeness (QED) is 0.403. The summed E-state index contributed by atoms with van der Waals surface area (Å²) in [6.07, 6.45) is 0. The Hall–Kier alpha value is -2.40. The van der Waals surface area contributed by atoms with Gasteiger partial charge in [-0.3, -0.25) is 14.9 Å². The van der Waals surface area contributed by atoms with Crippen molar-refractivity contribution in [2.75, 3.05) is 5.32 Å². The summed E-state index contributed by atoms with van der Waals surface area (Å²) in [5, 5.41) is 27.6. The fraction of sp³-hybridized carbons (Fsp3) is 0. The Kier molecular flexibility index (Phi) is 5.18. The number of benzene rings is 2. The van der Waals surface area contributed by atoms with Crippen molar-refractivity contribution < 1.29 is 23.2 Å². The number of anilines is 1. The van der Waals surface area contributed by atoms with Gasteiger partial charge in [-0.1, -0.05) is 23.2 Å². The Bertz CT molecular complexity index is 993. The molecule has 0 spiro atoms. The molecule has 0 aliphatic rings. The van der Waals surface area contributed by atoms with E-state index in [2.05, 4.69) is 5.32 Å². The van der Waals surface area contributed by atoms with Crippen LogP contribution in [0.4, 0.5) is 11.4 Å². The summed E-state index contributed by atoms with van der Waals surface area (Å²) in [7, 11) is -4.00. The number of aromatic hydroxyl groups is 1. The smallest absolute Gasteiger partial charge is 0.314 e. The Morgan fingerprint density at radius 1 is 1.24 bits per heavy atom. The maximum Gasteiger partial charge on any atom is 0.314 e. The molecule has 0 fully saturated rings. The van der Waals surface area contributed by atoms with Gasteiger partial charge in [0, 0.05) is 11.1 Å².